The number of benzene rings is 1. The highest BCUT2D eigenvalue weighted by atomic mass is 16.2. The highest BCUT2D eigenvalue weighted by Crippen LogP contribution is 2.36. The van der Waals surface area contributed by atoms with E-state index in [9.17, 15) is 9.59 Å². The lowest BCUT2D eigenvalue weighted by molar-refractivity contribution is -0.130. The van der Waals surface area contributed by atoms with Crippen LogP contribution in [0.25, 0.3) is 0 Å². The Morgan fingerprint density at radius 1 is 1.26 bits per heavy atom. The highest BCUT2D eigenvalue weighted by molar-refractivity contribution is 6.06. The van der Waals surface area contributed by atoms with Crippen molar-refractivity contribution in [3.05, 3.63) is 34.9 Å². The van der Waals surface area contributed by atoms with Crippen molar-refractivity contribution in [1.29, 1.82) is 0 Å². The van der Waals surface area contributed by atoms with Crippen LogP contribution in [-0.2, 0) is 10.2 Å². The summed E-state index contributed by atoms with van der Waals surface area (Å²) in [6, 6.07) is 5.95. The number of fused-ring (bicyclic) bond motifs is 1. The zero-order valence-electron chi connectivity index (χ0n) is 12.3. The monoisotopic (exact) mass is 259 g/mol. The van der Waals surface area contributed by atoms with Crippen LogP contribution in [0.3, 0.4) is 0 Å². The van der Waals surface area contributed by atoms with Gasteiger partial charge in [0.15, 0.2) is 5.78 Å². The fraction of sp³-hybridized carbons (Fsp3) is 0.500. The van der Waals surface area contributed by atoms with E-state index in [4.69, 9.17) is 0 Å². The van der Waals surface area contributed by atoms with Gasteiger partial charge in [-0.25, -0.2) is 0 Å². The van der Waals surface area contributed by atoms with E-state index < -0.39 is 0 Å². The van der Waals surface area contributed by atoms with Gasteiger partial charge in [-0.3, -0.25) is 9.59 Å². The average molecular weight is 259 g/mol. The van der Waals surface area contributed by atoms with E-state index in [0.717, 1.165) is 16.7 Å². The summed E-state index contributed by atoms with van der Waals surface area (Å²) < 4.78 is 0. The van der Waals surface area contributed by atoms with Crippen molar-refractivity contribution in [3.8, 4) is 0 Å². The normalized spacial score (nSPS) is 18.4. The standard InChI is InChI=1S/C16H21NO2/c1-16(2,3)10-6-7-11-12(8-10)14(18)9-13(11)15(19)17(4)5/h6-8,13H,9H2,1-5H3. The number of carbonyl (C=O) groups is 2. The van der Waals surface area contributed by atoms with E-state index >= 15 is 0 Å². The first-order chi connectivity index (χ1) is 8.71. The van der Waals surface area contributed by atoms with Crippen LogP contribution in [0.5, 0.6) is 0 Å². The molecule has 0 spiro atoms. The molecule has 2 rings (SSSR count). The van der Waals surface area contributed by atoms with Crippen molar-refractivity contribution < 1.29 is 9.59 Å². The summed E-state index contributed by atoms with van der Waals surface area (Å²) in [4.78, 5) is 25.8. The van der Waals surface area contributed by atoms with Crippen molar-refractivity contribution in [2.75, 3.05) is 14.1 Å². The summed E-state index contributed by atoms with van der Waals surface area (Å²) >= 11 is 0. The lowest BCUT2D eigenvalue weighted by atomic mass is 9.85. The molecule has 0 aromatic heterocycles. The summed E-state index contributed by atoms with van der Waals surface area (Å²) in [5, 5.41) is 0. The predicted octanol–water partition coefficient (Wildman–Crippen LogP) is 2.74. The summed E-state index contributed by atoms with van der Waals surface area (Å²) in [5.41, 5.74) is 2.76. The third-order valence-electron chi connectivity index (χ3n) is 3.72. The highest BCUT2D eigenvalue weighted by Gasteiger charge is 2.35. The van der Waals surface area contributed by atoms with Gasteiger partial charge >= 0.3 is 0 Å². The van der Waals surface area contributed by atoms with E-state index in [0.29, 0.717) is 6.42 Å². The quantitative estimate of drug-likeness (QED) is 0.777. The molecule has 0 heterocycles. The van der Waals surface area contributed by atoms with Gasteiger partial charge in [-0.2, -0.15) is 0 Å². The third-order valence-corrected chi connectivity index (χ3v) is 3.72. The number of hydrogen-bond acceptors (Lipinski definition) is 2. The number of amides is 1. The van der Waals surface area contributed by atoms with Gasteiger partial charge < -0.3 is 4.90 Å². The SMILES string of the molecule is CN(C)C(=O)C1CC(=O)c2cc(C(C)(C)C)ccc21. The fourth-order valence-electron chi connectivity index (χ4n) is 2.51. The van der Waals surface area contributed by atoms with Crippen molar-refractivity contribution in [2.24, 2.45) is 0 Å². The average Bonchev–Trinajstić information content (AvgIpc) is 2.64. The van der Waals surface area contributed by atoms with Gasteiger partial charge in [0.25, 0.3) is 0 Å². The van der Waals surface area contributed by atoms with Crippen LogP contribution < -0.4 is 0 Å². The van der Waals surface area contributed by atoms with Crippen LogP contribution in [0.2, 0.25) is 0 Å². The van der Waals surface area contributed by atoms with Crippen LogP contribution in [0.15, 0.2) is 18.2 Å². The molecule has 0 N–H and O–H groups in total. The lowest BCUT2D eigenvalue weighted by Crippen LogP contribution is -2.27. The minimum Gasteiger partial charge on any atom is -0.348 e. The number of hydrogen-bond donors (Lipinski definition) is 0. The Balaban J connectivity index is 2.45. The summed E-state index contributed by atoms with van der Waals surface area (Å²) in [6.45, 7) is 6.36. The zero-order valence-corrected chi connectivity index (χ0v) is 12.3. The number of Topliss-reactive ketones (excluding diaryl/α,β-unsaturated/α-hetero) is 1. The molecule has 3 nitrogen and oxygen atoms in total. The van der Waals surface area contributed by atoms with Crippen molar-refractivity contribution >= 4 is 11.7 Å². The first kappa shape index (κ1) is 13.8. The van der Waals surface area contributed by atoms with Crippen LogP contribution in [0, 0.1) is 0 Å². The van der Waals surface area contributed by atoms with E-state index in [1.54, 1.807) is 19.0 Å². The van der Waals surface area contributed by atoms with Crippen molar-refractivity contribution in [3.63, 3.8) is 0 Å². The Morgan fingerprint density at radius 3 is 2.42 bits per heavy atom. The van der Waals surface area contributed by atoms with Crippen LogP contribution in [-0.4, -0.2) is 30.7 Å². The maximum atomic E-state index is 12.1. The topological polar surface area (TPSA) is 37.4 Å². The second-order valence-electron chi connectivity index (χ2n) is 6.46. The molecule has 0 radical (unpaired) electrons. The van der Waals surface area contributed by atoms with Crippen molar-refractivity contribution in [1.82, 2.24) is 4.90 Å². The summed E-state index contributed by atoms with van der Waals surface area (Å²) in [6.07, 6.45) is 0.305. The molecule has 0 aliphatic heterocycles. The van der Waals surface area contributed by atoms with Crippen LogP contribution >= 0.6 is 0 Å². The van der Waals surface area contributed by atoms with Crippen LogP contribution in [0.4, 0.5) is 0 Å². The molecule has 1 aromatic carbocycles. The van der Waals surface area contributed by atoms with E-state index in [2.05, 4.69) is 20.8 Å². The maximum absolute atomic E-state index is 12.1. The Kier molecular flexibility index (Phi) is 3.25. The minimum atomic E-state index is -0.300. The van der Waals surface area contributed by atoms with Gasteiger partial charge in [-0.15, -0.1) is 0 Å². The molecule has 1 unspecified atom stereocenters. The maximum Gasteiger partial charge on any atom is 0.230 e. The molecule has 3 heteroatoms. The smallest absolute Gasteiger partial charge is 0.230 e. The van der Waals surface area contributed by atoms with Gasteiger partial charge in [-0.05, 0) is 22.6 Å². The van der Waals surface area contributed by atoms with Gasteiger partial charge in [0.1, 0.15) is 0 Å². The molecule has 1 amide bonds. The van der Waals surface area contributed by atoms with Gasteiger partial charge in [-0.1, -0.05) is 32.9 Å². The number of rotatable bonds is 1. The summed E-state index contributed by atoms with van der Waals surface area (Å²) in [7, 11) is 3.46. The van der Waals surface area contributed by atoms with E-state index in [1.165, 1.54) is 0 Å². The molecule has 0 saturated heterocycles. The second kappa shape index (κ2) is 4.48. The third kappa shape index (κ3) is 2.42. The van der Waals surface area contributed by atoms with Gasteiger partial charge in [0.2, 0.25) is 5.91 Å². The van der Waals surface area contributed by atoms with Gasteiger partial charge in [0, 0.05) is 26.1 Å². The van der Waals surface area contributed by atoms with E-state index in [1.807, 2.05) is 18.2 Å². The summed E-state index contributed by atoms with van der Waals surface area (Å²) in [5.74, 6) is -0.205. The Labute approximate surface area is 114 Å². The largest absolute Gasteiger partial charge is 0.348 e. The number of nitrogens with zero attached hydrogens (tertiary/aromatic N) is 1. The lowest BCUT2D eigenvalue weighted by Gasteiger charge is -2.21. The minimum absolute atomic E-state index is 0.00982. The van der Waals surface area contributed by atoms with Gasteiger partial charge in [0.05, 0.1) is 5.92 Å². The van der Waals surface area contributed by atoms with Crippen LogP contribution in [0.1, 0.15) is 54.6 Å². The molecule has 0 fully saturated rings. The first-order valence-corrected chi connectivity index (χ1v) is 6.60. The molecule has 102 valence electrons. The molecule has 1 atom stereocenters. The Morgan fingerprint density at radius 2 is 1.89 bits per heavy atom. The van der Waals surface area contributed by atoms with Crippen molar-refractivity contribution in [2.45, 2.75) is 38.5 Å². The molecule has 1 aliphatic carbocycles. The molecule has 0 saturated carbocycles. The van der Waals surface area contributed by atoms with E-state index in [-0.39, 0.29) is 23.0 Å². The number of ketones is 1. The second-order valence-corrected chi connectivity index (χ2v) is 6.46. The fourth-order valence-corrected chi connectivity index (χ4v) is 2.51. The molecule has 1 aliphatic rings. The molecular formula is C16H21NO2. The molecule has 1 aromatic rings. The number of likely N-dealkylation sites (N-methyl/N-ethyl adjacent to an activating group) is 1. The molecular weight excluding hydrogens is 238 g/mol. The Hall–Kier alpha value is -1.64. The predicted molar refractivity (Wildman–Crippen MR) is 75.5 cm³/mol. The first-order valence-electron chi connectivity index (χ1n) is 6.60. The Bertz CT molecular complexity index is 538. The molecule has 19 heavy (non-hydrogen) atoms. The molecule has 0 bridgehead atoms. The zero-order chi connectivity index (χ0) is 14.4. The number of carbonyl (C=O) groups excluding carboxylic acids is 2.